The summed E-state index contributed by atoms with van der Waals surface area (Å²) in [5, 5.41) is 12.9. The first-order valence-corrected chi connectivity index (χ1v) is 13.9. The largest absolute Gasteiger partial charge is 0.493 e. The lowest BCUT2D eigenvalue weighted by atomic mass is 10.1. The molecule has 2 amide bonds. The summed E-state index contributed by atoms with van der Waals surface area (Å²) in [7, 11) is 3.18. The number of amides is 2. The van der Waals surface area contributed by atoms with E-state index in [9.17, 15) is 19.7 Å². The van der Waals surface area contributed by atoms with Gasteiger partial charge in [0, 0.05) is 36.2 Å². The van der Waals surface area contributed by atoms with Crippen LogP contribution in [0.3, 0.4) is 0 Å². The van der Waals surface area contributed by atoms with Crippen LogP contribution in [-0.2, 0) is 22.6 Å². The maximum Gasteiger partial charge on any atom is 0.269 e. The fourth-order valence-corrected chi connectivity index (χ4v) is 4.76. The highest BCUT2D eigenvalue weighted by atomic mass is 32.1. The Morgan fingerprint density at radius 1 is 1.00 bits per heavy atom. The molecule has 0 unspecified atom stereocenters. The van der Waals surface area contributed by atoms with Gasteiger partial charge in [0.15, 0.2) is 11.5 Å². The van der Waals surface area contributed by atoms with E-state index in [-0.39, 0.29) is 24.0 Å². The predicted molar refractivity (Wildman–Crippen MR) is 157 cm³/mol. The molecule has 0 aliphatic heterocycles. The molecule has 0 radical (unpaired) electrons. The number of carbonyl (C=O) groups excluding carboxylic acids is 2. The zero-order valence-electron chi connectivity index (χ0n) is 23.1. The second-order valence-corrected chi connectivity index (χ2v) is 10.2. The average Bonchev–Trinajstić information content (AvgIpc) is 3.49. The van der Waals surface area contributed by atoms with Crippen molar-refractivity contribution in [2.75, 3.05) is 33.9 Å². The summed E-state index contributed by atoms with van der Waals surface area (Å²) in [6, 6.07) is 15.6. The number of non-ortho nitro benzene ring substituents is 1. The molecule has 0 fully saturated rings. The molecular weight excluding hydrogens is 530 g/mol. The van der Waals surface area contributed by atoms with E-state index in [1.165, 1.54) is 18.2 Å². The molecule has 0 spiro atoms. The van der Waals surface area contributed by atoms with E-state index in [1.807, 2.05) is 42.6 Å². The Hall–Kier alpha value is -4.18. The van der Waals surface area contributed by atoms with Crippen molar-refractivity contribution in [2.24, 2.45) is 0 Å². The second kappa shape index (κ2) is 15.4. The molecular formula is C30H35N3O6S. The van der Waals surface area contributed by atoms with E-state index in [4.69, 9.17) is 9.47 Å². The van der Waals surface area contributed by atoms with E-state index in [2.05, 4.69) is 0 Å². The van der Waals surface area contributed by atoms with Crippen LogP contribution >= 0.6 is 11.3 Å². The van der Waals surface area contributed by atoms with Crippen LogP contribution < -0.4 is 9.47 Å². The Labute approximate surface area is 238 Å². The first-order chi connectivity index (χ1) is 19.3. The maximum absolute atomic E-state index is 13.6. The number of unbranched alkanes of at least 4 members (excludes halogenated alkanes) is 1. The van der Waals surface area contributed by atoms with Crippen molar-refractivity contribution in [2.45, 2.75) is 32.7 Å². The number of nitro groups is 1. The average molecular weight is 566 g/mol. The van der Waals surface area contributed by atoms with Gasteiger partial charge in [-0.05, 0) is 65.8 Å². The Kier molecular flexibility index (Phi) is 11.7. The molecule has 0 aliphatic carbocycles. The van der Waals surface area contributed by atoms with Gasteiger partial charge in [0.1, 0.15) is 6.54 Å². The Balaban J connectivity index is 1.73. The number of rotatable bonds is 15. The third kappa shape index (κ3) is 8.94. The standard InChI is InChI=1S/C30H35N3O6S/c1-4-5-17-31(29(34)15-11-23-8-12-25(13-9-23)33(36)37)22-30(35)32(21-26-7-6-19-40-26)18-16-24-10-14-27(38-2)28(20-24)39-3/h6-15,19-20H,4-5,16-18,21-22H2,1-3H3. The molecule has 3 rings (SSSR count). The van der Waals surface area contributed by atoms with Crippen LogP contribution in [0.15, 0.2) is 66.1 Å². The van der Waals surface area contributed by atoms with E-state index in [0.29, 0.717) is 43.1 Å². The van der Waals surface area contributed by atoms with Crippen molar-refractivity contribution < 1.29 is 24.0 Å². The lowest BCUT2D eigenvalue weighted by Crippen LogP contribution is -2.43. The van der Waals surface area contributed by atoms with Gasteiger partial charge in [-0.25, -0.2) is 0 Å². The van der Waals surface area contributed by atoms with E-state index >= 15 is 0 Å². The van der Waals surface area contributed by atoms with Gasteiger partial charge in [0.2, 0.25) is 11.8 Å². The third-order valence-electron chi connectivity index (χ3n) is 6.34. The van der Waals surface area contributed by atoms with E-state index in [0.717, 1.165) is 23.3 Å². The van der Waals surface area contributed by atoms with Gasteiger partial charge in [-0.1, -0.05) is 25.5 Å². The van der Waals surface area contributed by atoms with Crippen LogP contribution in [0.25, 0.3) is 6.08 Å². The number of carbonyl (C=O) groups is 2. The first-order valence-electron chi connectivity index (χ1n) is 13.1. The maximum atomic E-state index is 13.6. The van der Waals surface area contributed by atoms with Crippen LogP contribution in [0.2, 0.25) is 0 Å². The van der Waals surface area contributed by atoms with E-state index in [1.54, 1.807) is 53.6 Å². The van der Waals surface area contributed by atoms with Gasteiger partial charge in [-0.3, -0.25) is 19.7 Å². The van der Waals surface area contributed by atoms with Crippen LogP contribution in [0, 0.1) is 10.1 Å². The molecule has 9 nitrogen and oxygen atoms in total. The minimum absolute atomic E-state index is 0.0161. The molecule has 3 aromatic rings. The van der Waals surface area contributed by atoms with Gasteiger partial charge in [-0.2, -0.15) is 0 Å². The van der Waals surface area contributed by atoms with Gasteiger partial charge in [0.05, 0.1) is 25.7 Å². The molecule has 0 atom stereocenters. The van der Waals surface area contributed by atoms with Crippen molar-refractivity contribution in [3.63, 3.8) is 0 Å². The quantitative estimate of drug-likeness (QED) is 0.135. The summed E-state index contributed by atoms with van der Waals surface area (Å²) in [6.45, 7) is 3.37. The number of thiophene rings is 1. The van der Waals surface area contributed by atoms with Crippen LogP contribution in [0.1, 0.15) is 35.8 Å². The number of nitro benzene ring substituents is 1. The van der Waals surface area contributed by atoms with Gasteiger partial charge in [0.25, 0.3) is 5.69 Å². The normalized spacial score (nSPS) is 10.9. The number of hydrogen-bond acceptors (Lipinski definition) is 7. The summed E-state index contributed by atoms with van der Waals surface area (Å²) in [6.07, 6.45) is 5.27. The molecule has 0 saturated heterocycles. The van der Waals surface area contributed by atoms with Crippen molar-refractivity contribution >= 4 is 34.9 Å². The van der Waals surface area contributed by atoms with Crippen LogP contribution in [0.5, 0.6) is 11.5 Å². The first kappa shape index (κ1) is 30.4. The topological polar surface area (TPSA) is 102 Å². The summed E-state index contributed by atoms with van der Waals surface area (Å²) in [5.41, 5.74) is 1.65. The minimum Gasteiger partial charge on any atom is -0.493 e. The number of nitrogens with zero attached hydrogens (tertiary/aromatic N) is 3. The molecule has 0 saturated carbocycles. The zero-order valence-corrected chi connectivity index (χ0v) is 23.9. The van der Waals surface area contributed by atoms with Crippen LogP contribution in [0.4, 0.5) is 5.69 Å². The third-order valence-corrected chi connectivity index (χ3v) is 7.20. The molecule has 40 heavy (non-hydrogen) atoms. The Bertz CT molecular complexity index is 1290. The van der Waals surface area contributed by atoms with Gasteiger partial charge < -0.3 is 19.3 Å². The number of methoxy groups -OCH3 is 2. The zero-order chi connectivity index (χ0) is 28.9. The highest BCUT2D eigenvalue weighted by molar-refractivity contribution is 7.09. The van der Waals surface area contributed by atoms with Gasteiger partial charge in [-0.15, -0.1) is 11.3 Å². The molecule has 0 N–H and O–H groups in total. The van der Waals surface area contributed by atoms with E-state index < -0.39 is 4.92 Å². The van der Waals surface area contributed by atoms with Gasteiger partial charge >= 0.3 is 0 Å². The lowest BCUT2D eigenvalue weighted by molar-refractivity contribution is -0.384. The molecule has 1 aromatic heterocycles. The highest BCUT2D eigenvalue weighted by Gasteiger charge is 2.21. The van der Waals surface area contributed by atoms with Crippen molar-refractivity contribution in [3.05, 3.63) is 92.2 Å². The fraction of sp³-hybridized carbons (Fsp3) is 0.333. The molecule has 0 bridgehead atoms. The predicted octanol–water partition coefficient (Wildman–Crippen LogP) is 5.59. The van der Waals surface area contributed by atoms with Crippen LogP contribution in [-0.4, -0.2) is 60.4 Å². The summed E-state index contributed by atoms with van der Waals surface area (Å²) in [5.74, 6) is 0.857. The second-order valence-electron chi connectivity index (χ2n) is 9.13. The fourth-order valence-electron chi connectivity index (χ4n) is 4.04. The smallest absolute Gasteiger partial charge is 0.269 e. The summed E-state index contributed by atoms with van der Waals surface area (Å²) >= 11 is 1.58. The number of hydrogen-bond donors (Lipinski definition) is 0. The van der Waals surface area contributed by atoms with Crippen molar-refractivity contribution in [1.82, 2.24) is 9.80 Å². The number of ether oxygens (including phenoxy) is 2. The SMILES string of the molecule is CCCCN(CC(=O)N(CCc1ccc(OC)c(OC)c1)Cc1cccs1)C(=O)C=Cc1ccc([N+](=O)[O-])cc1. The highest BCUT2D eigenvalue weighted by Crippen LogP contribution is 2.28. The number of benzene rings is 2. The molecule has 0 aliphatic rings. The summed E-state index contributed by atoms with van der Waals surface area (Å²) < 4.78 is 10.7. The minimum atomic E-state index is -0.468. The molecule has 2 aromatic carbocycles. The monoisotopic (exact) mass is 565 g/mol. The Morgan fingerprint density at radius 2 is 1.75 bits per heavy atom. The van der Waals surface area contributed by atoms with Crippen molar-refractivity contribution in [3.8, 4) is 11.5 Å². The van der Waals surface area contributed by atoms with Crippen molar-refractivity contribution in [1.29, 1.82) is 0 Å². The lowest BCUT2D eigenvalue weighted by Gasteiger charge is -2.27. The molecule has 1 heterocycles. The molecule has 10 heteroatoms. The molecule has 212 valence electrons. The summed E-state index contributed by atoms with van der Waals surface area (Å²) in [4.78, 5) is 41.5. The Morgan fingerprint density at radius 3 is 2.38 bits per heavy atom.